The minimum Gasteiger partial charge on any atom is -0.505 e. The van der Waals surface area contributed by atoms with E-state index in [-0.39, 0.29) is 48.3 Å². The average molecular weight is 1280 g/mol. The maximum absolute atomic E-state index is 13.3. The highest BCUT2D eigenvalue weighted by Crippen LogP contribution is 2.47. The molecule has 0 bridgehead atoms. The number of amides is 3. The van der Waals surface area contributed by atoms with Crippen LogP contribution in [0.2, 0.25) is 0 Å². The topological polar surface area (TPSA) is 193 Å². The third kappa shape index (κ3) is 13.1. The molecule has 3 amide bonds. The minimum atomic E-state index is -0.270. The fourth-order valence-corrected chi connectivity index (χ4v) is 12.3. The van der Waals surface area contributed by atoms with Gasteiger partial charge in [-0.1, -0.05) is 78.4 Å². The zero-order valence-corrected chi connectivity index (χ0v) is 53.7. The molecule has 0 spiro atoms. The molecule has 6 heterocycles. The number of benzene rings is 8. The second kappa shape index (κ2) is 27.5. The van der Waals surface area contributed by atoms with Crippen LogP contribution in [0, 0.1) is 18.6 Å². The lowest BCUT2D eigenvalue weighted by atomic mass is 9.99. The fraction of sp³-hybridized carbons (Fsp3) is 0.211. The van der Waals surface area contributed by atoms with Crippen molar-refractivity contribution in [3.05, 3.63) is 253 Å². The quantitative estimate of drug-likeness (QED) is 0.0874. The van der Waals surface area contributed by atoms with Gasteiger partial charge >= 0.3 is 0 Å². The molecule has 482 valence electrons. The molecule has 11 aromatic rings. The summed E-state index contributed by atoms with van der Waals surface area (Å²) in [5, 5.41) is 15.8. The molecule has 0 radical (unpaired) electrons. The van der Waals surface area contributed by atoms with Gasteiger partial charge in [0.25, 0.3) is 17.7 Å². The number of phenolic OH excluding ortho intramolecular Hbond substituents is 1. The Labute approximate surface area is 547 Å². The number of aromatic nitrogens is 3. The van der Waals surface area contributed by atoms with Gasteiger partial charge in [-0.05, 0) is 137 Å². The number of carbonyl (C=O) groups is 3. The maximum atomic E-state index is 13.3. The van der Waals surface area contributed by atoms with Crippen molar-refractivity contribution in [3.63, 3.8) is 0 Å². The number of fused-ring (bicyclic) bond motifs is 6. The Balaban J connectivity index is 0.000000138. The Bertz CT molecular complexity index is 4740. The molecular weight excluding hydrogens is 1210 g/mol. The van der Waals surface area contributed by atoms with Crippen LogP contribution in [-0.2, 0) is 52.1 Å². The summed E-state index contributed by atoms with van der Waals surface area (Å²) < 4.78 is 66.6. The SMILES string of the molecule is COc1c2c(c(O)c3ncc(Cc4ccc(C)cc4)cc13)C(=O)N(C)C2.COc1ccc(COc2c3c(c(OC)c4cc(Cc5ccc(F)cc5)cnc24)CN(C)C3=O)cc1.COc1ccc(COc2c3c(c(OC)c4cc(Cc5ccc(F)cc5)cnc24)CNC3=O)cc1. The smallest absolute Gasteiger partial charge is 0.258 e. The summed E-state index contributed by atoms with van der Waals surface area (Å²) in [5.41, 5.74) is 14.2. The van der Waals surface area contributed by atoms with Crippen molar-refractivity contribution in [1.29, 1.82) is 0 Å². The van der Waals surface area contributed by atoms with Gasteiger partial charge in [0.1, 0.15) is 70.1 Å². The number of aryl methyl sites for hydroxylation is 1. The van der Waals surface area contributed by atoms with Gasteiger partial charge in [-0.2, -0.15) is 0 Å². The first-order valence-corrected chi connectivity index (χ1v) is 30.6. The van der Waals surface area contributed by atoms with Crippen LogP contribution in [0.4, 0.5) is 8.78 Å². The number of phenols is 1. The predicted octanol–water partition coefficient (Wildman–Crippen LogP) is 13.4. The molecule has 0 fully saturated rings. The molecule has 14 rings (SSSR count). The van der Waals surface area contributed by atoms with Crippen molar-refractivity contribution in [2.45, 2.75) is 59.0 Å². The highest BCUT2D eigenvalue weighted by molar-refractivity contribution is 6.11. The number of hydrogen-bond acceptors (Lipinski definition) is 14. The van der Waals surface area contributed by atoms with Crippen LogP contribution in [0.15, 0.2) is 158 Å². The van der Waals surface area contributed by atoms with Crippen LogP contribution in [0.5, 0.6) is 46.0 Å². The van der Waals surface area contributed by atoms with Gasteiger partial charge in [0, 0.05) is 72.1 Å². The first-order chi connectivity index (χ1) is 46.0. The number of nitrogens with zero attached hydrogens (tertiary/aromatic N) is 5. The van der Waals surface area contributed by atoms with Gasteiger partial charge in [0.05, 0.1) is 65.3 Å². The van der Waals surface area contributed by atoms with Gasteiger partial charge in [0.15, 0.2) is 17.2 Å². The molecule has 0 atom stereocenters. The van der Waals surface area contributed by atoms with Crippen molar-refractivity contribution in [1.82, 2.24) is 30.1 Å². The summed E-state index contributed by atoms with van der Waals surface area (Å²) in [5.74, 6) is 3.11. The standard InChI is InChI=1S/C28H25FN2O4.C27H23FN2O4.C21H20N2O3/c1-31-15-23-24(28(31)32)27(35-16-18-6-10-21(33-2)11-7-18)25-22(26(23)34-3)13-19(14-30-25)12-17-4-8-20(29)9-5-17;1-32-20-9-5-17(6-10-20)15-34-26-23-22(14-30-27(23)31)25(33-2)21-12-18(13-29-24(21)26)11-16-3-7-19(28)8-4-16;1-12-4-6-13(7-5-12)8-14-9-15-18(22-10-14)19(24)17-16(20(15)26-3)11-23(2)21(17)25/h4-11,13-14H,12,15-16H2,1-3H3;3-10,12-13H,11,14-15H2,1-2H3,(H,30,31);4-7,9-10,24H,8,11H2,1-3H3. The number of halogens is 2. The number of aromatic hydroxyl groups is 1. The van der Waals surface area contributed by atoms with Gasteiger partial charge in [-0.3, -0.25) is 29.3 Å². The van der Waals surface area contributed by atoms with E-state index in [0.717, 1.165) is 89.7 Å². The minimum absolute atomic E-state index is 0.0629. The van der Waals surface area contributed by atoms with E-state index in [4.69, 9.17) is 38.1 Å². The van der Waals surface area contributed by atoms with Crippen molar-refractivity contribution >= 4 is 50.4 Å². The number of methoxy groups -OCH3 is 5. The third-order valence-electron chi connectivity index (χ3n) is 17.1. The van der Waals surface area contributed by atoms with Crippen molar-refractivity contribution in [2.24, 2.45) is 0 Å². The van der Waals surface area contributed by atoms with Gasteiger partial charge in [-0.25, -0.2) is 8.78 Å². The monoisotopic (exact) mass is 1280 g/mol. The highest BCUT2D eigenvalue weighted by Gasteiger charge is 2.37. The molecule has 3 aliphatic rings. The summed E-state index contributed by atoms with van der Waals surface area (Å²) in [6.45, 7) is 3.80. The van der Waals surface area contributed by atoms with E-state index >= 15 is 0 Å². The highest BCUT2D eigenvalue weighted by atomic mass is 19.1. The van der Waals surface area contributed by atoms with E-state index < -0.39 is 0 Å². The molecule has 3 aliphatic heterocycles. The van der Waals surface area contributed by atoms with Crippen molar-refractivity contribution in [3.8, 4) is 46.0 Å². The lowest BCUT2D eigenvalue weighted by molar-refractivity contribution is 0.0806. The number of ether oxygens (including phenoxy) is 7. The summed E-state index contributed by atoms with van der Waals surface area (Å²) in [6, 6.07) is 42.3. The number of rotatable bonds is 17. The predicted molar refractivity (Wildman–Crippen MR) is 356 cm³/mol. The molecule has 19 heteroatoms. The van der Waals surface area contributed by atoms with Gasteiger partial charge in [-0.15, -0.1) is 0 Å². The Kier molecular flexibility index (Phi) is 18.4. The average Bonchev–Trinajstić information content (AvgIpc) is 1.71. The molecule has 8 aromatic carbocycles. The zero-order valence-electron chi connectivity index (χ0n) is 53.7. The van der Waals surface area contributed by atoms with E-state index in [1.165, 1.54) is 35.4 Å². The normalized spacial score (nSPS) is 12.8. The van der Waals surface area contributed by atoms with E-state index in [2.05, 4.69) is 46.5 Å². The van der Waals surface area contributed by atoms with Crippen LogP contribution < -0.4 is 38.5 Å². The van der Waals surface area contributed by atoms with Crippen LogP contribution in [0.1, 0.15) is 97.8 Å². The molecular formula is C76H68F2N6O11. The summed E-state index contributed by atoms with van der Waals surface area (Å²) in [7, 11) is 11.5. The van der Waals surface area contributed by atoms with Gasteiger partial charge < -0.3 is 53.4 Å². The number of hydrogen-bond donors (Lipinski definition) is 2. The molecule has 0 unspecified atom stereocenters. The molecule has 0 saturated heterocycles. The van der Waals surface area contributed by atoms with Crippen LogP contribution >= 0.6 is 0 Å². The maximum Gasteiger partial charge on any atom is 0.258 e. The van der Waals surface area contributed by atoms with Crippen LogP contribution in [0.3, 0.4) is 0 Å². The fourth-order valence-electron chi connectivity index (χ4n) is 12.3. The number of carbonyl (C=O) groups excluding carboxylic acids is 3. The Morgan fingerprint density at radius 2 is 0.811 bits per heavy atom. The second-order valence-corrected chi connectivity index (χ2v) is 23.4. The first-order valence-electron chi connectivity index (χ1n) is 30.6. The van der Waals surface area contributed by atoms with Crippen LogP contribution in [0.25, 0.3) is 32.7 Å². The summed E-state index contributed by atoms with van der Waals surface area (Å²) >= 11 is 0. The van der Waals surface area contributed by atoms with Crippen molar-refractivity contribution in [2.75, 3.05) is 49.6 Å². The molecule has 2 N–H and O–H groups in total. The molecule has 95 heavy (non-hydrogen) atoms. The molecule has 3 aromatic heterocycles. The van der Waals surface area contributed by atoms with E-state index in [1.54, 1.807) is 102 Å². The van der Waals surface area contributed by atoms with Gasteiger partial charge in [0.2, 0.25) is 0 Å². The second-order valence-electron chi connectivity index (χ2n) is 23.4. The lowest BCUT2D eigenvalue weighted by Crippen LogP contribution is -2.18. The van der Waals surface area contributed by atoms with Crippen molar-refractivity contribution < 1.29 is 61.4 Å². The first kappa shape index (κ1) is 63.8. The van der Waals surface area contributed by atoms with E-state index in [0.29, 0.717) is 94.5 Å². The Morgan fingerprint density at radius 3 is 1.24 bits per heavy atom. The molecule has 0 aliphatic carbocycles. The number of pyridine rings is 3. The zero-order chi connectivity index (χ0) is 66.6. The van der Waals surface area contributed by atoms with E-state index in [9.17, 15) is 28.3 Å². The van der Waals surface area contributed by atoms with Crippen LogP contribution in [-0.4, -0.2) is 97.2 Å². The molecule has 17 nitrogen and oxygen atoms in total. The summed E-state index contributed by atoms with van der Waals surface area (Å²) in [4.78, 5) is 55.2. The Hall–Kier alpha value is -11.3. The third-order valence-corrected chi connectivity index (χ3v) is 17.1. The lowest BCUT2D eigenvalue weighted by Gasteiger charge is -2.17. The number of nitrogens with one attached hydrogen (secondary N) is 1. The Morgan fingerprint density at radius 1 is 0.442 bits per heavy atom. The molecule has 0 saturated carbocycles. The summed E-state index contributed by atoms with van der Waals surface area (Å²) in [6.07, 6.45) is 7.18. The van der Waals surface area contributed by atoms with E-state index in [1.807, 2.05) is 66.7 Å². The largest absolute Gasteiger partial charge is 0.505 e.